The maximum Gasteiger partial charge on any atom is 0.418 e. The molecule has 0 aromatic carbocycles. The van der Waals surface area contributed by atoms with Crippen molar-refractivity contribution in [3.8, 4) is 0 Å². The number of urea groups is 1. The van der Waals surface area contributed by atoms with Crippen LogP contribution in [0.25, 0.3) is 0 Å². The number of quaternary nitrogens is 1. The smallest absolute Gasteiger partial charge is 0.299 e. The van der Waals surface area contributed by atoms with E-state index in [0.717, 1.165) is 0 Å². The number of hydrogen-bond donors (Lipinski definition) is 0. The van der Waals surface area contributed by atoms with Gasteiger partial charge in [-0.1, -0.05) is 0 Å². The summed E-state index contributed by atoms with van der Waals surface area (Å²) in [5, 5.41) is 0. The molecule has 0 heterocycles. The van der Waals surface area contributed by atoms with Gasteiger partial charge in [0.05, 0.1) is 21.1 Å². The first-order valence-electron chi connectivity index (χ1n) is 2.89. The molecule has 0 atom stereocenters. The molecule has 0 fully saturated rings. The van der Waals surface area contributed by atoms with E-state index in [4.69, 9.17) is 0 Å². The van der Waals surface area contributed by atoms with Gasteiger partial charge in [-0.05, 0) is 0 Å². The van der Waals surface area contributed by atoms with Crippen LogP contribution in [0.15, 0.2) is 0 Å². The van der Waals surface area contributed by atoms with E-state index < -0.39 is 0 Å². The van der Waals surface area contributed by atoms with Gasteiger partial charge in [-0.15, -0.1) is 0 Å². The molecule has 0 aliphatic rings. The molecule has 3 heteroatoms. The third-order valence-corrected chi connectivity index (χ3v) is 0.956. The first kappa shape index (κ1) is 8.43. The van der Waals surface area contributed by atoms with Gasteiger partial charge in [0.2, 0.25) is 0 Å². The second-order valence-corrected chi connectivity index (χ2v) is 3.19. The monoisotopic (exact) mass is 131 g/mol. The molecular weight excluding hydrogens is 116 g/mol. The highest BCUT2D eigenvalue weighted by molar-refractivity contribution is 5.65. The van der Waals surface area contributed by atoms with E-state index in [1.54, 1.807) is 19.0 Å². The minimum absolute atomic E-state index is 0.106. The zero-order valence-corrected chi connectivity index (χ0v) is 6.80. The lowest BCUT2D eigenvalue weighted by atomic mass is 10.6. The average Bonchev–Trinajstić information content (AvgIpc) is 1.62. The summed E-state index contributed by atoms with van der Waals surface area (Å²) in [6, 6.07) is 0.106. The molecule has 0 aliphatic carbocycles. The number of carbonyl (C=O) groups is 1. The number of nitrogens with zero attached hydrogens (tertiary/aromatic N) is 2. The van der Waals surface area contributed by atoms with Gasteiger partial charge < -0.3 is 0 Å². The molecule has 2 amide bonds. The SMILES string of the molecule is CN(C)C(=O)[N+](C)(C)C. The second kappa shape index (κ2) is 2.35. The van der Waals surface area contributed by atoms with Crippen LogP contribution in [0.5, 0.6) is 0 Å². The fourth-order valence-corrected chi connectivity index (χ4v) is 0.600. The largest absolute Gasteiger partial charge is 0.418 e. The molecule has 0 bridgehead atoms. The Morgan fingerprint density at radius 1 is 1.22 bits per heavy atom. The highest BCUT2D eigenvalue weighted by atomic mass is 16.2. The second-order valence-electron chi connectivity index (χ2n) is 3.19. The van der Waals surface area contributed by atoms with Crippen molar-refractivity contribution in [2.24, 2.45) is 0 Å². The molecule has 0 saturated heterocycles. The zero-order chi connectivity index (χ0) is 7.65. The van der Waals surface area contributed by atoms with E-state index in [-0.39, 0.29) is 6.03 Å². The maximum atomic E-state index is 11.1. The fourth-order valence-electron chi connectivity index (χ4n) is 0.600. The van der Waals surface area contributed by atoms with Gasteiger partial charge in [-0.2, -0.15) is 0 Å². The van der Waals surface area contributed by atoms with E-state index in [9.17, 15) is 4.79 Å². The normalized spacial score (nSPS) is 11.2. The van der Waals surface area contributed by atoms with Crippen LogP contribution in [0, 0.1) is 0 Å². The van der Waals surface area contributed by atoms with Crippen molar-refractivity contribution >= 4 is 6.03 Å². The minimum atomic E-state index is 0.106. The summed E-state index contributed by atoms with van der Waals surface area (Å²) in [5.74, 6) is 0. The summed E-state index contributed by atoms with van der Waals surface area (Å²) in [6.07, 6.45) is 0. The van der Waals surface area contributed by atoms with Crippen LogP contribution in [0.3, 0.4) is 0 Å². The van der Waals surface area contributed by atoms with Crippen LogP contribution >= 0.6 is 0 Å². The van der Waals surface area contributed by atoms with Crippen LogP contribution in [-0.4, -0.2) is 50.7 Å². The Labute approximate surface area is 56.5 Å². The summed E-state index contributed by atoms with van der Waals surface area (Å²) >= 11 is 0. The topological polar surface area (TPSA) is 20.3 Å². The Kier molecular flexibility index (Phi) is 2.20. The molecule has 3 nitrogen and oxygen atoms in total. The molecule has 0 aliphatic heterocycles. The molecule has 54 valence electrons. The van der Waals surface area contributed by atoms with Crippen molar-refractivity contribution in [3.05, 3.63) is 0 Å². The van der Waals surface area contributed by atoms with Crippen molar-refractivity contribution < 1.29 is 9.28 Å². The zero-order valence-electron chi connectivity index (χ0n) is 6.80. The number of amides is 2. The maximum absolute atomic E-state index is 11.1. The van der Waals surface area contributed by atoms with E-state index in [1.165, 1.54) is 0 Å². The predicted molar refractivity (Wildman–Crippen MR) is 37.1 cm³/mol. The quantitative estimate of drug-likeness (QED) is 0.435. The number of rotatable bonds is 0. The molecule has 0 N–H and O–H groups in total. The fraction of sp³-hybridized carbons (Fsp3) is 0.833. The van der Waals surface area contributed by atoms with Crippen LogP contribution in [-0.2, 0) is 0 Å². The van der Waals surface area contributed by atoms with Gasteiger partial charge in [0.25, 0.3) is 0 Å². The lowest BCUT2D eigenvalue weighted by molar-refractivity contribution is -0.790. The van der Waals surface area contributed by atoms with Crippen molar-refractivity contribution in [2.75, 3.05) is 35.2 Å². The van der Waals surface area contributed by atoms with Crippen LogP contribution in [0.4, 0.5) is 4.79 Å². The van der Waals surface area contributed by atoms with Crippen molar-refractivity contribution in [1.29, 1.82) is 0 Å². The van der Waals surface area contributed by atoms with Crippen molar-refractivity contribution in [2.45, 2.75) is 0 Å². The van der Waals surface area contributed by atoms with E-state index >= 15 is 0 Å². The molecule has 0 aromatic heterocycles. The highest BCUT2D eigenvalue weighted by Gasteiger charge is 2.21. The Morgan fingerprint density at radius 3 is 1.56 bits per heavy atom. The first-order valence-corrected chi connectivity index (χ1v) is 2.89. The van der Waals surface area contributed by atoms with Crippen LogP contribution in [0.2, 0.25) is 0 Å². The lowest BCUT2D eigenvalue weighted by Crippen LogP contribution is -2.47. The Morgan fingerprint density at radius 2 is 1.56 bits per heavy atom. The van der Waals surface area contributed by atoms with Gasteiger partial charge in [-0.3, -0.25) is 4.90 Å². The summed E-state index contributed by atoms with van der Waals surface area (Å²) in [4.78, 5) is 12.6. The van der Waals surface area contributed by atoms with Crippen molar-refractivity contribution in [1.82, 2.24) is 4.90 Å². The molecule has 0 aromatic rings. The van der Waals surface area contributed by atoms with E-state index in [1.807, 2.05) is 21.1 Å². The highest BCUT2D eigenvalue weighted by Crippen LogP contribution is 1.95. The average molecular weight is 131 g/mol. The molecule has 0 spiro atoms. The van der Waals surface area contributed by atoms with E-state index in [0.29, 0.717) is 4.48 Å². The molecule has 0 saturated carbocycles. The third kappa shape index (κ3) is 2.46. The summed E-state index contributed by atoms with van der Waals surface area (Å²) in [5.41, 5.74) is 0. The first-order chi connectivity index (χ1) is 3.85. The Balaban J connectivity index is 4.06. The van der Waals surface area contributed by atoms with Gasteiger partial charge in [0.1, 0.15) is 0 Å². The minimum Gasteiger partial charge on any atom is -0.299 e. The van der Waals surface area contributed by atoms with Gasteiger partial charge >= 0.3 is 6.03 Å². The Hall–Kier alpha value is -0.570. The summed E-state index contributed by atoms with van der Waals surface area (Å²) in [6.45, 7) is 0. The molecule has 9 heavy (non-hydrogen) atoms. The standard InChI is InChI=1S/C6H15N2O/c1-7(2)6(9)8(3,4)5/h1-5H3/q+1. The van der Waals surface area contributed by atoms with Crippen LogP contribution < -0.4 is 0 Å². The van der Waals surface area contributed by atoms with Gasteiger partial charge in [-0.25, -0.2) is 9.28 Å². The van der Waals surface area contributed by atoms with Gasteiger partial charge in [0, 0.05) is 14.1 Å². The summed E-state index contributed by atoms with van der Waals surface area (Å²) in [7, 11) is 9.06. The number of carbonyl (C=O) groups excluding carboxylic acids is 1. The Bertz CT molecular complexity index is 113. The van der Waals surface area contributed by atoms with Crippen molar-refractivity contribution in [3.63, 3.8) is 0 Å². The lowest BCUT2D eigenvalue weighted by Gasteiger charge is -2.23. The molecule has 0 unspecified atom stereocenters. The number of hydrogen-bond acceptors (Lipinski definition) is 1. The summed E-state index contributed by atoms with van der Waals surface area (Å²) < 4.78 is 0.354. The van der Waals surface area contributed by atoms with Gasteiger partial charge in [0.15, 0.2) is 0 Å². The molecular formula is C6H15N2O+. The molecule has 0 rings (SSSR count). The van der Waals surface area contributed by atoms with E-state index in [2.05, 4.69) is 0 Å². The predicted octanol–water partition coefficient (Wildman–Crippen LogP) is 0.374. The molecule has 0 radical (unpaired) electrons. The third-order valence-electron chi connectivity index (χ3n) is 0.956. The van der Waals surface area contributed by atoms with Crippen LogP contribution in [0.1, 0.15) is 0 Å².